The summed E-state index contributed by atoms with van der Waals surface area (Å²) in [5, 5.41) is 10.1. The molecule has 1 aliphatic rings. The molecule has 0 saturated carbocycles. The topological polar surface area (TPSA) is 51.2 Å². The molecule has 120 valence electrons. The highest BCUT2D eigenvalue weighted by Gasteiger charge is 2.40. The van der Waals surface area contributed by atoms with E-state index >= 15 is 0 Å². The second-order valence-corrected chi connectivity index (χ2v) is 20.8. The second-order valence-electron chi connectivity index (χ2n) is 7.95. The number of aliphatic hydroxyl groups is 1. The van der Waals surface area contributed by atoms with Gasteiger partial charge in [-0.25, -0.2) is 0 Å². The number of rotatable bonds is 9. The maximum absolute atomic E-state index is 10.1. The Labute approximate surface area is 127 Å². The first-order valence-corrected chi connectivity index (χ1v) is 16.9. The zero-order valence-electron chi connectivity index (χ0n) is 14.2. The van der Waals surface area contributed by atoms with Crippen LogP contribution in [0.25, 0.3) is 0 Å². The third-order valence-corrected chi connectivity index (χ3v) is 12.5. The van der Waals surface area contributed by atoms with Gasteiger partial charge in [-0.1, -0.05) is 0 Å². The van der Waals surface area contributed by atoms with Crippen LogP contribution >= 0.6 is 0 Å². The Hall–Kier alpha value is 0.491. The molecule has 1 aliphatic heterocycles. The monoisotopic (exact) mass is 336 g/mol. The summed E-state index contributed by atoms with van der Waals surface area (Å²) in [6.07, 6.45) is 1.51. The van der Waals surface area contributed by atoms with E-state index in [9.17, 15) is 5.11 Å². The van der Waals surface area contributed by atoms with E-state index in [4.69, 9.17) is 13.0 Å². The summed E-state index contributed by atoms with van der Waals surface area (Å²) < 4.78 is 18.0. The molecule has 1 saturated heterocycles. The van der Waals surface area contributed by atoms with Crippen molar-refractivity contribution in [2.45, 2.75) is 76.9 Å². The molecule has 1 N–H and O–H groups in total. The Morgan fingerprint density at radius 2 is 1.50 bits per heavy atom. The van der Waals surface area contributed by atoms with Gasteiger partial charge in [-0.05, 0) is 58.3 Å². The van der Waals surface area contributed by atoms with Gasteiger partial charge in [-0.3, -0.25) is 0 Å². The lowest BCUT2D eigenvalue weighted by Gasteiger charge is -2.38. The second kappa shape index (κ2) is 6.72. The smallest absolute Gasteiger partial charge is 0.314 e. The fourth-order valence-corrected chi connectivity index (χ4v) is 15.1. The SMILES string of the molecule is C[Si](C)(C)O[Si](C)(CCC(O)CC1CO1)O[Si](C)(C)C. The minimum Gasteiger partial charge on any atom is -0.437 e. The van der Waals surface area contributed by atoms with Gasteiger partial charge in [-0.15, -0.1) is 0 Å². The zero-order valence-corrected chi connectivity index (χ0v) is 17.2. The Bertz CT molecular complexity index is 292. The molecule has 1 fully saturated rings. The third kappa shape index (κ3) is 8.71. The van der Waals surface area contributed by atoms with Crippen molar-refractivity contribution >= 4 is 25.2 Å². The quantitative estimate of drug-likeness (QED) is 0.518. The fraction of sp³-hybridized carbons (Fsp3) is 1.00. The van der Waals surface area contributed by atoms with Gasteiger partial charge in [0.15, 0.2) is 16.6 Å². The molecule has 2 atom stereocenters. The normalized spacial score (nSPS) is 21.9. The van der Waals surface area contributed by atoms with Crippen LogP contribution in [-0.2, 0) is 13.0 Å². The molecule has 0 amide bonds. The first-order valence-electron chi connectivity index (χ1n) is 7.59. The molecule has 0 radical (unpaired) electrons. The summed E-state index contributed by atoms with van der Waals surface area (Å²) in [5.74, 6) is 0. The van der Waals surface area contributed by atoms with Crippen molar-refractivity contribution in [2.75, 3.05) is 6.61 Å². The van der Waals surface area contributed by atoms with E-state index in [2.05, 4.69) is 45.8 Å². The van der Waals surface area contributed by atoms with E-state index in [1.165, 1.54) is 0 Å². The van der Waals surface area contributed by atoms with E-state index in [1.807, 2.05) is 0 Å². The van der Waals surface area contributed by atoms with E-state index in [0.717, 1.165) is 25.5 Å². The predicted molar refractivity (Wildman–Crippen MR) is 90.3 cm³/mol. The van der Waals surface area contributed by atoms with E-state index in [1.54, 1.807) is 0 Å². The standard InChI is InChI=1S/C13H32O4Si3/c1-18(2,3)16-20(7,17-19(4,5)6)9-8-12(14)10-13-11-15-13/h12-14H,8-11H2,1-7H3. The lowest BCUT2D eigenvalue weighted by Crippen LogP contribution is -2.52. The molecular weight excluding hydrogens is 304 g/mol. The van der Waals surface area contributed by atoms with Crippen molar-refractivity contribution in [3.05, 3.63) is 0 Å². The largest absolute Gasteiger partial charge is 0.437 e. The molecule has 0 bridgehead atoms. The lowest BCUT2D eigenvalue weighted by molar-refractivity contribution is 0.145. The first kappa shape index (κ1) is 18.5. The van der Waals surface area contributed by atoms with Gasteiger partial charge in [-0.2, -0.15) is 0 Å². The third-order valence-electron chi connectivity index (χ3n) is 2.91. The van der Waals surface area contributed by atoms with Crippen LogP contribution in [0.15, 0.2) is 0 Å². The van der Waals surface area contributed by atoms with Crippen molar-refractivity contribution < 1.29 is 18.1 Å². The molecule has 0 aromatic rings. The Morgan fingerprint density at radius 1 is 1.05 bits per heavy atom. The van der Waals surface area contributed by atoms with E-state index in [0.29, 0.717) is 0 Å². The highest BCUT2D eigenvalue weighted by Crippen LogP contribution is 2.27. The van der Waals surface area contributed by atoms with Crippen molar-refractivity contribution in [3.8, 4) is 0 Å². The summed E-state index contributed by atoms with van der Waals surface area (Å²) in [4.78, 5) is 0. The van der Waals surface area contributed by atoms with Crippen LogP contribution in [0, 0.1) is 0 Å². The summed E-state index contributed by atoms with van der Waals surface area (Å²) in [5.41, 5.74) is 0. The van der Waals surface area contributed by atoms with Crippen molar-refractivity contribution in [2.24, 2.45) is 0 Å². The molecule has 2 unspecified atom stereocenters. The lowest BCUT2D eigenvalue weighted by atomic mass is 10.2. The van der Waals surface area contributed by atoms with Gasteiger partial charge >= 0.3 is 8.56 Å². The average molecular weight is 337 g/mol. The summed E-state index contributed by atoms with van der Waals surface area (Å²) in [6, 6.07) is 0.870. The number of aliphatic hydroxyl groups excluding tert-OH is 1. The summed E-state index contributed by atoms with van der Waals surface area (Å²) >= 11 is 0. The van der Waals surface area contributed by atoms with Crippen LogP contribution in [0.2, 0.25) is 51.9 Å². The fourth-order valence-electron chi connectivity index (χ4n) is 2.47. The van der Waals surface area contributed by atoms with Crippen molar-refractivity contribution in [3.63, 3.8) is 0 Å². The van der Waals surface area contributed by atoms with Crippen molar-refractivity contribution in [1.29, 1.82) is 0 Å². The van der Waals surface area contributed by atoms with E-state index in [-0.39, 0.29) is 12.2 Å². The average Bonchev–Trinajstić information content (AvgIpc) is 2.92. The molecule has 0 aromatic carbocycles. The van der Waals surface area contributed by atoms with Gasteiger partial charge in [0.2, 0.25) is 0 Å². The van der Waals surface area contributed by atoms with Gasteiger partial charge in [0.05, 0.1) is 18.8 Å². The maximum Gasteiger partial charge on any atom is 0.314 e. The number of ether oxygens (including phenoxy) is 1. The molecular formula is C13H32O4Si3. The minimum absolute atomic E-state index is 0.286. The summed E-state index contributed by atoms with van der Waals surface area (Å²) in [6.45, 7) is 16.2. The van der Waals surface area contributed by atoms with Crippen LogP contribution in [0.4, 0.5) is 0 Å². The van der Waals surface area contributed by atoms with E-state index < -0.39 is 25.2 Å². The highest BCUT2D eigenvalue weighted by molar-refractivity contribution is 6.87. The van der Waals surface area contributed by atoms with Gasteiger partial charge < -0.3 is 18.1 Å². The summed E-state index contributed by atoms with van der Waals surface area (Å²) in [7, 11) is -5.45. The molecule has 20 heavy (non-hydrogen) atoms. The molecule has 4 nitrogen and oxygen atoms in total. The predicted octanol–water partition coefficient (Wildman–Crippen LogP) is 3.30. The molecule has 1 heterocycles. The first-order chi connectivity index (χ1) is 8.89. The molecule has 7 heteroatoms. The Morgan fingerprint density at radius 3 is 1.85 bits per heavy atom. The molecule has 0 aliphatic carbocycles. The molecule has 1 rings (SSSR count). The van der Waals surface area contributed by atoms with Crippen LogP contribution < -0.4 is 0 Å². The molecule has 0 spiro atoms. The minimum atomic E-state index is -2.19. The Kier molecular flexibility index (Phi) is 6.23. The van der Waals surface area contributed by atoms with Gasteiger partial charge in [0, 0.05) is 6.42 Å². The van der Waals surface area contributed by atoms with Crippen LogP contribution in [0.3, 0.4) is 0 Å². The highest BCUT2D eigenvalue weighted by atomic mass is 28.5. The van der Waals surface area contributed by atoms with Crippen LogP contribution in [-0.4, -0.2) is 49.1 Å². The van der Waals surface area contributed by atoms with Crippen LogP contribution in [0.1, 0.15) is 12.8 Å². The maximum atomic E-state index is 10.1. The van der Waals surface area contributed by atoms with Crippen molar-refractivity contribution in [1.82, 2.24) is 0 Å². The number of hydrogen-bond acceptors (Lipinski definition) is 4. The van der Waals surface area contributed by atoms with Gasteiger partial charge in [0.25, 0.3) is 0 Å². The number of hydrogen-bond donors (Lipinski definition) is 1. The number of epoxide rings is 1. The van der Waals surface area contributed by atoms with Gasteiger partial charge in [0.1, 0.15) is 0 Å². The zero-order chi connectivity index (χ0) is 15.6. The molecule has 0 aromatic heterocycles. The van der Waals surface area contributed by atoms with Crippen LogP contribution in [0.5, 0.6) is 0 Å². The Balaban J connectivity index is 2.56.